The van der Waals surface area contributed by atoms with Crippen LogP contribution in [0, 0.1) is 0 Å². The van der Waals surface area contributed by atoms with Gasteiger partial charge in [0.2, 0.25) is 0 Å². The van der Waals surface area contributed by atoms with E-state index in [1.54, 1.807) is 24.3 Å². The van der Waals surface area contributed by atoms with Crippen LogP contribution in [0.5, 0.6) is 5.75 Å². The fraction of sp³-hybridized carbons (Fsp3) is 0.0526. The molecule has 8 nitrogen and oxygen atoms in total. The normalized spacial score (nSPS) is 15.4. The summed E-state index contributed by atoms with van der Waals surface area (Å²) in [7, 11) is 0. The standard InChI is InChI=1S/C19H12Br2ClN3O5/c20-13-5-9(6-14(21)16(13)30-8-15(23)26)4-12-17(27)24-19(29)25(18(12)28)11-3-1-2-10(22)7-11/h1-7H,8H2,(H2,23,26)(H,24,27,29)/b12-4+. The Morgan fingerprint density at radius 3 is 2.43 bits per heavy atom. The molecule has 0 saturated carbocycles. The molecule has 0 bridgehead atoms. The first-order chi connectivity index (χ1) is 14.2. The summed E-state index contributed by atoms with van der Waals surface area (Å²) in [5, 5.41) is 2.47. The molecule has 154 valence electrons. The molecule has 0 aliphatic carbocycles. The van der Waals surface area contributed by atoms with Gasteiger partial charge in [0.25, 0.3) is 17.7 Å². The minimum Gasteiger partial charge on any atom is -0.481 e. The van der Waals surface area contributed by atoms with Crippen molar-refractivity contribution in [3.63, 3.8) is 0 Å². The van der Waals surface area contributed by atoms with Gasteiger partial charge in [-0.15, -0.1) is 0 Å². The van der Waals surface area contributed by atoms with Gasteiger partial charge in [0.15, 0.2) is 6.61 Å². The first-order valence-electron chi connectivity index (χ1n) is 8.24. The molecule has 0 spiro atoms. The number of carbonyl (C=O) groups is 4. The Kier molecular flexibility index (Phi) is 6.59. The number of hydrogen-bond donors (Lipinski definition) is 2. The van der Waals surface area contributed by atoms with E-state index >= 15 is 0 Å². The topological polar surface area (TPSA) is 119 Å². The van der Waals surface area contributed by atoms with Crippen molar-refractivity contribution < 1.29 is 23.9 Å². The van der Waals surface area contributed by atoms with Crippen molar-refractivity contribution in [1.29, 1.82) is 0 Å². The molecular formula is C19H12Br2ClN3O5. The molecule has 1 saturated heterocycles. The molecule has 0 aromatic heterocycles. The number of ether oxygens (including phenoxy) is 1. The average molecular weight is 558 g/mol. The van der Waals surface area contributed by atoms with Crippen molar-refractivity contribution in [3.05, 3.63) is 61.5 Å². The van der Waals surface area contributed by atoms with Crippen molar-refractivity contribution >= 4 is 79.0 Å². The van der Waals surface area contributed by atoms with Crippen molar-refractivity contribution in [2.24, 2.45) is 5.73 Å². The van der Waals surface area contributed by atoms with Crippen LogP contribution in [0.3, 0.4) is 0 Å². The molecule has 2 aromatic rings. The van der Waals surface area contributed by atoms with Gasteiger partial charge in [0.05, 0.1) is 14.6 Å². The summed E-state index contributed by atoms with van der Waals surface area (Å²) >= 11 is 12.6. The SMILES string of the molecule is NC(=O)COc1c(Br)cc(/C=C2\C(=O)NC(=O)N(c3cccc(Cl)c3)C2=O)cc1Br. The highest BCUT2D eigenvalue weighted by Gasteiger charge is 2.36. The molecule has 30 heavy (non-hydrogen) atoms. The summed E-state index contributed by atoms with van der Waals surface area (Å²) in [5.74, 6) is -1.95. The monoisotopic (exact) mass is 555 g/mol. The highest BCUT2D eigenvalue weighted by Crippen LogP contribution is 2.35. The van der Waals surface area contributed by atoms with Crippen molar-refractivity contribution in [1.82, 2.24) is 5.32 Å². The third kappa shape index (κ3) is 4.72. The molecule has 0 atom stereocenters. The van der Waals surface area contributed by atoms with Crippen LogP contribution in [0.1, 0.15) is 5.56 Å². The number of halogens is 3. The number of urea groups is 1. The van der Waals surface area contributed by atoms with Crippen molar-refractivity contribution in [2.75, 3.05) is 11.5 Å². The molecule has 2 aromatic carbocycles. The number of nitrogens with zero attached hydrogens (tertiary/aromatic N) is 1. The Bertz CT molecular complexity index is 1100. The second-order valence-corrected chi connectivity index (χ2v) is 8.15. The Labute approximate surface area is 192 Å². The summed E-state index contributed by atoms with van der Waals surface area (Å²) in [5.41, 5.74) is 5.51. The van der Waals surface area contributed by atoms with Gasteiger partial charge in [-0.25, -0.2) is 9.69 Å². The number of rotatable bonds is 5. The Morgan fingerprint density at radius 1 is 1.17 bits per heavy atom. The summed E-state index contributed by atoms with van der Waals surface area (Å²) < 4.78 is 6.23. The van der Waals surface area contributed by atoms with E-state index in [1.807, 2.05) is 0 Å². The maximum atomic E-state index is 12.9. The third-order valence-corrected chi connectivity index (χ3v) is 5.27. The van der Waals surface area contributed by atoms with Gasteiger partial charge in [-0.05, 0) is 73.8 Å². The van der Waals surface area contributed by atoms with Crippen molar-refractivity contribution in [3.8, 4) is 5.75 Å². The molecule has 5 amide bonds. The lowest BCUT2D eigenvalue weighted by Gasteiger charge is -2.26. The fourth-order valence-corrected chi connectivity index (χ4v) is 4.25. The smallest absolute Gasteiger partial charge is 0.335 e. The predicted molar refractivity (Wildman–Crippen MR) is 117 cm³/mol. The minimum absolute atomic E-state index is 0.223. The van der Waals surface area contributed by atoms with Gasteiger partial charge in [-0.1, -0.05) is 17.7 Å². The zero-order valence-corrected chi connectivity index (χ0v) is 18.9. The van der Waals surface area contributed by atoms with Gasteiger partial charge < -0.3 is 10.5 Å². The molecule has 11 heteroatoms. The summed E-state index contributed by atoms with van der Waals surface area (Å²) in [6.07, 6.45) is 1.33. The second kappa shape index (κ2) is 8.99. The van der Waals surface area contributed by atoms with E-state index in [9.17, 15) is 19.2 Å². The maximum absolute atomic E-state index is 12.9. The number of imide groups is 2. The number of benzene rings is 2. The summed E-state index contributed by atoms with van der Waals surface area (Å²) in [4.78, 5) is 49.2. The van der Waals surface area contributed by atoms with Crippen LogP contribution in [-0.2, 0) is 14.4 Å². The van der Waals surface area contributed by atoms with Crippen LogP contribution in [0.4, 0.5) is 10.5 Å². The maximum Gasteiger partial charge on any atom is 0.335 e. The van der Waals surface area contributed by atoms with E-state index < -0.39 is 23.8 Å². The highest BCUT2D eigenvalue weighted by molar-refractivity contribution is 9.11. The van der Waals surface area contributed by atoms with Crippen LogP contribution in [0.15, 0.2) is 50.9 Å². The molecule has 0 radical (unpaired) electrons. The van der Waals surface area contributed by atoms with Gasteiger partial charge in [0, 0.05) is 5.02 Å². The van der Waals surface area contributed by atoms with E-state index in [1.165, 1.54) is 18.2 Å². The van der Waals surface area contributed by atoms with E-state index in [4.69, 9.17) is 22.1 Å². The van der Waals surface area contributed by atoms with Crippen LogP contribution in [0.25, 0.3) is 6.08 Å². The quantitative estimate of drug-likeness (QED) is 0.432. The van der Waals surface area contributed by atoms with Crippen LogP contribution >= 0.6 is 43.5 Å². The number of nitrogens with one attached hydrogen (secondary N) is 1. The highest BCUT2D eigenvalue weighted by atomic mass is 79.9. The minimum atomic E-state index is -0.873. The Morgan fingerprint density at radius 2 is 1.83 bits per heavy atom. The third-order valence-electron chi connectivity index (χ3n) is 3.86. The molecule has 1 heterocycles. The van der Waals surface area contributed by atoms with Crippen LogP contribution < -0.4 is 20.7 Å². The fourth-order valence-electron chi connectivity index (χ4n) is 2.62. The Hall–Kier alpha value is -2.69. The number of anilines is 1. The number of hydrogen-bond acceptors (Lipinski definition) is 5. The lowest BCUT2D eigenvalue weighted by Crippen LogP contribution is -2.54. The van der Waals surface area contributed by atoms with Crippen LogP contribution in [0.2, 0.25) is 5.02 Å². The average Bonchev–Trinajstić information content (AvgIpc) is 2.64. The molecular weight excluding hydrogens is 545 g/mol. The molecule has 1 fully saturated rings. The van der Waals surface area contributed by atoms with E-state index in [0.717, 1.165) is 4.90 Å². The molecule has 1 aliphatic rings. The van der Waals surface area contributed by atoms with Gasteiger partial charge in [0.1, 0.15) is 11.3 Å². The van der Waals surface area contributed by atoms with Gasteiger partial charge in [-0.2, -0.15) is 0 Å². The summed E-state index contributed by atoms with van der Waals surface area (Å²) in [6.45, 7) is -0.324. The zero-order valence-electron chi connectivity index (χ0n) is 14.9. The number of carbonyl (C=O) groups excluding carboxylic acids is 4. The number of barbiturate groups is 1. The molecule has 3 N–H and O–H groups in total. The van der Waals surface area contributed by atoms with Gasteiger partial charge in [-0.3, -0.25) is 19.7 Å². The Balaban J connectivity index is 1.97. The molecule has 1 aliphatic heterocycles. The number of amides is 5. The van der Waals surface area contributed by atoms with E-state index in [-0.39, 0.29) is 17.9 Å². The largest absolute Gasteiger partial charge is 0.481 e. The molecule has 3 rings (SSSR count). The molecule has 0 unspecified atom stereocenters. The van der Waals surface area contributed by atoms with Gasteiger partial charge >= 0.3 is 6.03 Å². The van der Waals surface area contributed by atoms with Crippen molar-refractivity contribution in [2.45, 2.75) is 0 Å². The lowest BCUT2D eigenvalue weighted by molar-refractivity contribution is -0.123. The first kappa shape index (κ1) is 22.0. The zero-order chi connectivity index (χ0) is 22.0. The predicted octanol–water partition coefficient (Wildman–Crippen LogP) is 3.40. The lowest BCUT2D eigenvalue weighted by atomic mass is 10.1. The first-order valence-corrected chi connectivity index (χ1v) is 10.2. The summed E-state index contributed by atoms with van der Waals surface area (Å²) in [6, 6.07) is 8.41. The number of nitrogens with two attached hydrogens (primary N) is 1. The van der Waals surface area contributed by atoms with E-state index in [0.29, 0.717) is 25.3 Å². The van der Waals surface area contributed by atoms with E-state index in [2.05, 4.69) is 37.2 Å². The number of primary amides is 1. The van der Waals surface area contributed by atoms with Crippen LogP contribution in [-0.4, -0.2) is 30.4 Å². The second-order valence-electron chi connectivity index (χ2n) is 6.01.